The molecule has 0 radical (unpaired) electrons. The standard InChI is InChI=1S/C14H10Br3FO/c15-10-1-2-13(18)8(3-10)6-14(19)9-4-11(16)7-12(17)5-9/h1-5,7,14,19H,6H2. The highest BCUT2D eigenvalue weighted by atomic mass is 79.9. The smallest absolute Gasteiger partial charge is 0.126 e. The quantitative estimate of drug-likeness (QED) is 0.662. The molecular weight excluding hydrogens is 443 g/mol. The van der Waals surface area contributed by atoms with E-state index >= 15 is 0 Å². The van der Waals surface area contributed by atoms with Crippen LogP contribution in [0.25, 0.3) is 0 Å². The molecule has 0 fully saturated rings. The molecule has 0 saturated heterocycles. The first-order valence-corrected chi connectivity index (χ1v) is 7.91. The van der Waals surface area contributed by atoms with Crippen LogP contribution in [0.5, 0.6) is 0 Å². The van der Waals surface area contributed by atoms with Crippen molar-refractivity contribution in [1.82, 2.24) is 0 Å². The van der Waals surface area contributed by atoms with Gasteiger partial charge in [0, 0.05) is 19.8 Å². The molecule has 100 valence electrons. The summed E-state index contributed by atoms with van der Waals surface area (Å²) in [5.41, 5.74) is 1.22. The third-order valence-corrected chi connectivity index (χ3v) is 4.10. The van der Waals surface area contributed by atoms with E-state index in [4.69, 9.17) is 0 Å². The Balaban J connectivity index is 2.25. The fourth-order valence-electron chi connectivity index (χ4n) is 1.79. The summed E-state index contributed by atoms with van der Waals surface area (Å²) in [7, 11) is 0. The van der Waals surface area contributed by atoms with Gasteiger partial charge in [-0.15, -0.1) is 0 Å². The molecule has 0 aliphatic heterocycles. The monoisotopic (exact) mass is 450 g/mol. The van der Waals surface area contributed by atoms with Crippen LogP contribution in [0, 0.1) is 5.82 Å². The minimum atomic E-state index is -0.752. The highest BCUT2D eigenvalue weighted by molar-refractivity contribution is 9.11. The second kappa shape index (κ2) is 6.48. The zero-order valence-electron chi connectivity index (χ0n) is 9.71. The van der Waals surface area contributed by atoms with E-state index < -0.39 is 6.10 Å². The molecule has 0 aromatic heterocycles. The average molecular weight is 453 g/mol. The van der Waals surface area contributed by atoms with Gasteiger partial charge in [0.25, 0.3) is 0 Å². The number of hydrogen-bond acceptors (Lipinski definition) is 1. The SMILES string of the molecule is OC(Cc1cc(Br)ccc1F)c1cc(Br)cc(Br)c1. The van der Waals surface area contributed by atoms with Gasteiger partial charge in [-0.25, -0.2) is 4.39 Å². The maximum Gasteiger partial charge on any atom is 0.126 e. The molecule has 0 amide bonds. The van der Waals surface area contributed by atoms with Gasteiger partial charge in [-0.1, -0.05) is 47.8 Å². The Morgan fingerprint density at radius 1 is 0.947 bits per heavy atom. The van der Waals surface area contributed by atoms with Gasteiger partial charge >= 0.3 is 0 Å². The Morgan fingerprint density at radius 2 is 1.58 bits per heavy atom. The van der Waals surface area contributed by atoms with Gasteiger partial charge in [0.15, 0.2) is 0 Å². The van der Waals surface area contributed by atoms with Gasteiger partial charge in [-0.2, -0.15) is 0 Å². The summed E-state index contributed by atoms with van der Waals surface area (Å²) in [6, 6.07) is 10.3. The zero-order chi connectivity index (χ0) is 14.0. The minimum Gasteiger partial charge on any atom is -0.388 e. The van der Waals surface area contributed by atoms with Crippen molar-refractivity contribution in [3.05, 3.63) is 66.8 Å². The molecule has 2 aromatic carbocycles. The molecule has 0 saturated carbocycles. The van der Waals surface area contributed by atoms with Crippen molar-refractivity contribution in [2.75, 3.05) is 0 Å². The first-order valence-electron chi connectivity index (χ1n) is 5.53. The van der Waals surface area contributed by atoms with Gasteiger partial charge in [0.05, 0.1) is 6.10 Å². The number of benzene rings is 2. The van der Waals surface area contributed by atoms with Crippen LogP contribution in [0.3, 0.4) is 0 Å². The van der Waals surface area contributed by atoms with Crippen molar-refractivity contribution in [2.24, 2.45) is 0 Å². The van der Waals surface area contributed by atoms with Gasteiger partial charge < -0.3 is 5.11 Å². The van der Waals surface area contributed by atoms with Crippen molar-refractivity contribution >= 4 is 47.8 Å². The van der Waals surface area contributed by atoms with Gasteiger partial charge in [-0.05, 0) is 47.5 Å². The summed E-state index contributed by atoms with van der Waals surface area (Å²) >= 11 is 10.0. The molecule has 0 spiro atoms. The first kappa shape index (κ1) is 15.2. The predicted octanol–water partition coefficient (Wildman–Crippen LogP) is 5.39. The Labute approximate surface area is 136 Å². The molecule has 2 aromatic rings. The normalized spacial score (nSPS) is 12.5. The molecule has 0 aliphatic rings. The van der Waals surface area contributed by atoms with E-state index in [0.717, 1.165) is 19.0 Å². The number of hydrogen-bond donors (Lipinski definition) is 1. The summed E-state index contributed by atoms with van der Waals surface area (Å²) in [6.07, 6.45) is -0.522. The van der Waals surface area contributed by atoms with E-state index in [9.17, 15) is 9.50 Å². The third-order valence-electron chi connectivity index (χ3n) is 2.69. The molecule has 2 rings (SSSR count). The molecule has 1 atom stereocenters. The van der Waals surface area contributed by atoms with E-state index in [1.54, 1.807) is 12.1 Å². The lowest BCUT2D eigenvalue weighted by Crippen LogP contribution is -2.04. The van der Waals surface area contributed by atoms with Crippen LogP contribution in [0.15, 0.2) is 49.8 Å². The summed E-state index contributed by atoms with van der Waals surface area (Å²) in [6.45, 7) is 0. The molecule has 0 aliphatic carbocycles. The summed E-state index contributed by atoms with van der Waals surface area (Å²) in [5, 5.41) is 10.2. The first-order chi connectivity index (χ1) is 8.95. The number of rotatable bonds is 3. The van der Waals surface area contributed by atoms with Crippen LogP contribution < -0.4 is 0 Å². The van der Waals surface area contributed by atoms with E-state index in [1.165, 1.54) is 6.07 Å². The zero-order valence-corrected chi connectivity index (χ0v) is 14.5. The van der Waals surface area contributed by atoms with Crippen molar-refractivity contribution in [3.8, 4) is 0 Å². The Morgan fingerprint density at radius 3 is 2.21 bits per heavy atom. The van der Waals surface area contributed by atoms with Crippen molar-refractivity contribution in [2.45, 2.75) is 12.5 Å². The summed E-state index contributed by atoms with van der Waals surface area (Å²) in [4.78, 5) is 0. The Bertz CT molecular complexity index is 581. The molecule has 1 unspecified atom stereocenters. The lowest BCUT2D eigenvalue weighted by molar-refractivity contribution is 0.177. The van der Waals surface area contributed by atoms with E-state index in [1.807, 2.05) is 18.2 Å². The van der Waals surface area contributed by atoms with Gasteiger partial charge in [0.2, 0.25) is 0 Å². The molecule has 5 heteroatoms. The van der Waals surface area contributed by atoms with Crippen molar-refractivity contribution in [1.29, 1.82) is 0 Å². The van der Waals surface area contributed by atoms with Gasteiger partial charge in [0.1, 0.15) is 5.82 Å². The van der Waals surface area contributed by atoms with Crippen LogP contribution in [-0.2, 0) is 6.42 Å². The van der Waals surface area contributed by atoms with Crippen LogP contribution >= 0.6 is 47.8 Å². The average Bonchev–Trinajstić information content (AvgIpc) is 2.32. The summed E-state index contributed by atoms with van der Waals surface area (Å²) < 4.78 is 16.2. The maximum absolute atomic E-state index is 13.7. The Kier molecular flexibility index (Phi) is 5.17. The van der Waals surface area contributed by atoms with Crippen LogP contribution in [0.1, 0.15) is 17.2 Å². The lowest BCUT2D eigenvalue weighted by Gasteiger charge is -2.13. The number of halogens is 4. The highest BCUT2D eigenvalue weighted by Crippen LogP contribution is 2.27. The van der Waals surface area contributed by atoms with Crippen LogP contribution in [0.4, 0.5) is 4.39 Å². The maximum atomic E-state index is 13.7. The minimum absolute atomic E-state index is 0.230. The second-order valence-corrected chi connectivity index (χ2v) is 6.91. The fourth-order valence-corrected chi connectivity index (χ4v) is 3.53. The Hall–Kier alpha value is -0.230. The van der Waals surface area contributed by atoms with E-state index in [0.29, 0.717) is 5.56 Å². The van der Waals surface area contributed by atoms with Crippen LogP contribution in [-0.4, -0.2) is 5.11 Å². The fraction of sp³-hybridized carbons (Fsp3) is 0.143. The molecule has 1 N–H and O–H groups in total. The second-order valence-electron chi connectivity index (χ2n) is 4.16. The highest BCUT2D eigenvalue weighted by Gasteiger charge is 2.13. The largest absolute Gasteiger partial charge is 0.388 e. The van der Waals surface area contributed by atoms with E-state index in [2.05, 4.69) is 47.8 Å². The predicted molar refractivity (Wildman–Crippen MR) is 84.6 cm³/mol. The summed E-state index contributed by atoms with van der Waals surface area (Å²) in [5.74, 6) is -0.309. The number of aliphatic hydroxyl groups is 1. The van der Waals surface area contributed by atoms with Gasteiger partial charge in [-0.3, -0.25) is 0 Å². The lowest BCUT2D eigenvalue weighted by atomic mass is 10.0. The third kappa shape index (κ3) is 4.12. The molecular formula is C14H10Br3FO. The molecule has 1 nitrogen and oxygen atoms in total. The number of aliphatic hydroxyl groups excluding tert-OH is 1. The van der Waals surface area contributed by atoms with Crippen molar-refractivity contribution < 1.29 is 9.50 Å². The van der Waals surface area contributed by atoms with Crippen molar-refractivity contribution in [3.63, 3.8) is 0 Å². The topological polar surface area (TPSA) is 20.2 Å². The molecule has 19 heavy (non-hydrogen) atoms. The van der Waals surface area contributed by atoms with E-state index in [-0.39, 0.29) is 12.2 Å². The molecule has 0 heterocycles. The molecule has 0 bridgehead atoms. The van der Waals surface area contributed by atoms with Crippen LogP contribution in [0.2, 0.25) is 0 Å².